The number of hydrogen-bond donors (Lipinski definition) is 0. The van der Waals surface area contributed by atoms with Crippen LogP contribution >= 0.6 is 0 Å². The Morgan fingerprint density at radius 2 is 1.62 bits per heavy atom. The zero-order chi connectivity index (χ0) is 17.9. The first kappa shape index (κ1) is 17.0. The van der Waals surface area contributed by atoms with Gasteiger partial charge in [-0.1, -0.05) is 55.5 Å². The van der Waals surface area contributed by atoms with Gasteiger partial charge in [-0.05, 0) is 42.0 Å². The Bertz CT molecular complexity index is 849. The van der Waals surface area contributed by atoms with Gasteiger partial charge in [0.15, 0.2) is 0 Å². The molecule has 0 N–H and O–H groups in total. The van der Waals surface area contributed by atoms with Crippen LogP contribution in [0.1, 0.15) is 46.8 Å². The molecule has 0 spiro atoms. The second-order valence-electron chi connectivity index (χ2n) is 6.99. The molecule has 0 bridgehead atoms. The lowest BCUT2D eigenvalue weighted by atomic mass is 9.97. The first-order valence-electron chi connectivity index (χ1n) is 9.56. The summed E-state index contributed by atoms with van der Waals surface area (Å²) in [6.07, 6.45) is 5.24. The Morgan fingerprint density at radius 3 is 2.23 bits per heavy atom. The van der Waals surface area contributed by atoms with Crippen molar-refractivity contribution in [3.63, 3.8) is 0 Å². The van der Waals surface area contributed by atoms with E-state index in [0.29, 0.717) is 6.61 Å². The summed E-state index contributed by atoms with van der Waals surface area (Å²) in [5.74, 6) is 1.13. The van der Waals surface area contributed by atoms with Crippen LogP contribution in [0.4, 0.5) is 0 Å². The van der Waals surface area contributed by atoms with E-state index >= 15 is 0 Å². The van der Waals surface area contributed by atoms with E-state index in [0.717, 1.165) is 37.3 Å². The van der Waals surface area contributed by atoms with Crippen molar-refractivity contribution in [2.24, 2.45) is 0 Å². The van der Waals surface area contributed by atoms with Crippen molar-refractivity contribution in [2.75, 3.05) is 6.61 Å². The third kappa shape index (κ3) is 3.32. The summed E-state index contributed by atoms with van der Waals surface area (Å²) in [5, 5.41) is 0. The fourth-order valence-corrected chi connectivity index (χ4v) is 3.99. The molecule has 1 heterocycles. The summed E-state index contributed by atoms with van der Waals surface area (Å²) in [6, 6.07) is 17.4. The molecule has 4 rings (SSSR count). The van der Waals surface area contributed by atoms with Crippen LogP contribution in [0.15, 0.2) is 54.7 Å². The summed E-state index contributed by atoms with van der Waals surface area (Å²) in [7, 11) is 0. The van der Waals surface area contributed by atoms with Gasteiger partial charge >= 0.3 is 0 Å². The third-order valence-corrected chi connectivity index (χ3v) is 5.25. The number of ether oxygens (including phenoxy) is 1. The van der Waals surface area contributed by atoms with Crippen molar-refractivity contribution in [2.45, 2.75) is 45.8 Å². The maximum Gasteiger partial charge on any atom is 0.108 e. The van der Waals surface area contributed by atoms with Crippen molar-refractivity contribution in [1.29, 1.82) is 0 Å². The smallest absolute Gasteiger partial charge is 0.108 e. The van der Waals surface area contributed by atoms with Crippen LogP contribution in [0.3, 0.4) is 0 Å². The molecule has 1 aromatic heterocycles. The second-order valence-corrected chi connectivity index (χ2v) is 6.99. The van der Waals surface area contributed by atoms with Gasteiger partial charge in [-0.15, -0.1) is 0 Å². The average Bonchev–Trinajstić information content (AvgIpc) is 2.95. The highest BCUT2D eigenvalue weighted by Gasteiger charge is 2.23. The second kappa shape index (κ2) is 7.46. The van der Waals surface area contributed by atoms with Crippen molar-refractivity contribution in [3.05, 3.63) is 88.5 Å². The summed E-state index contributed by atoms with van der Waals surface area (Å²) >= 11 is 0. The molecule has 0 amide bonds. The summed E-state index contributed by atoms with van der Waals surface area (Å²) in [5.41, 5.74) is 6.51. The molecule has 0 atom stereocenters. The average molecular weight is 346 g/mol. The molecule has 1 aliphatic carbocycles. The lowest BCUT2D eigenvalue weighted by Gasteiger charge is -2.21. The Morgan fingerprint density at radius 1 is 1.00 bits per heavy atom. The zero-order valence-corrected chi connectivity index (χ0v) is 15.6. The molecule has 0 radical (unpaired) electrons. The number of aryl methyl sites for hydroxylation is 4. The maximum absolute atomic E-state index is 6.48. The fourth-order valence-electron chi connectivity index (χ4n) is 3.99. The van der Waals surface area contributed by atoms with E-state index in [9.17, 15) is 0 Å². The van der Waals surface area contributed by atoms with Gasteiger partial charge in [0.05, 0.1) is 12.3 Å². The van der Waals surface area contributed by atoms with Crippen molar-refractivity contribution in [1.82, 2.24) is 9.55 Å². The van der Waals surface area contributed by atoms with E-state index in [1.54, 1.807) is 0 Å². The molecule has 0 saturated heterocycles. The molecule has 0 fully saturated rings. The third-order valence-electron chi connectivity index (χ3n) is 5.25. The molecular weight excluding hydrogens is 320 g/mol. The van der Waals surface area contributed by atoms with Gasteiger partial charge in [-0.25, -0.2) is 4.98 Å². The summed E-state index contributed by atoms with van der Waals surface area (Å²) < 4.78 is 8.71. The molecule has 0 unspecified atom stereocenters. The number of imidazole rings is 1. The number of benzene rings is 2. The molecule has 1 aliphatic rings. The van der Waals surface area contributed by atoms with Gasteiger partial charge < -0.3 is 9.30 Å². The SMILES string of the molecule is CCc1nc(C)cn1CCOC1c2ccccc2CCc2ccccc21. The minimum atomic E-state index is 0.0135. The van der Waals surface area contributed by atoms with E-state index in [4.69, 9.17) is 4.74 Å². The zero-order valence-electron chi connectivity index (χ0n) is 15.6. The predicted octanol–water partition coefficient (Wildman–Crippen LogP) is 4.66. The van der Waals surface area contributed by atoms with Crippen molar-refractivity contribution in [3.8, 4) is 0 Å². The van der Waals surface area contributed by atoms with Crippen LogP contribution in [0.25, 0.3) is 0 Å². The Labute approximate surface area is 155 Å². The monoisotopic (exact) mass is 346 g/mol. The Hall–Kier alpha value is -2.39. The largest absolute Gasteiger partial charge is 0.367 e. The lowest BCUT2D eigenvalue weighted by Crippen LogP contribution is -2.14. The molecule has 3 heteroatoms. The minimum Gasteiger partial charge on any atom is -0.367 e. The van der Waals surface area contributed by atoms with E-state index < -0.39 is 0 Å². The summed E-state index contributed by atoms with van der Waals surface area (Å²) in [6.45, 7) is 5.71. The molecule has 2 aromatic carbocycles. The molecule has 3 aromatic rings. The van der Waals surface area contributed by atoms with Crippen LogP contribution in [-0.2, 0) is 30.5 Å². The number of hydrogen-bond acceptors (Lipinski definition) is 2. The van der Waals surface area contributed by atoms with Gasteiger partial charge in [0.2, 0.25) is 0 Å². The van der Waals surface area contributed by atoms with E-state index in [1.807, 2.05) is 6.92 Å². The van der Waals surface area contributed by atoms with Crippen molar-refractivity contribution < 1.29 is 4.74 Å². The number of nitrogens with zero attached hydrogens (tertiary/aromatic N) is 2. The fraction of sp³-hybridized carbons (Fsp3) is 0.348. The van der Waals surface area contributed by atoms with Crippen LogP contribution < -0.4 is 0 Å². The van der Waals surface area contributed by atoms with E-state index in [-0.39, 0.29) is 6.10 Å². The van der Waals surface area contributed by atoms with Gasteiger partial charge in [0.25, 0.3) is 0 Å². The highest BCUT2D eigenvalue weighted by molar-refractivity contribution is 5.43. The summed E-state index contributed by atoms with van der Waals surface area (Å²) in [4.78, 5) is 4.59. The topological polar surface area (TPSA) is 27.1 Å². The normalized spacial score (nSPS) is 13.9. The van der Waals surface area contributed by atoms with Crippen LogP contribution in [0.5, 0.6) is 0 Å². The van der Waals surface area contributed by atoms with Gasteiger partial charge in [0.1, 0.15) is 11.9 Å². The van der Waals surface area contributed by atoms with Gasteiger partial charge in [-0.2, -0.15) is 0 Å². The molecule has 134 valence electrons. The van der Waals surface area contributed by atoms with Gasteiger partial charge in [-0.3, -0.25) is 0 Å². The molecular formula is C23H26N2O. The number of rotatable bonds is 5. The van der Waals surface area contributed by atoms with Crippen LogP contribution in [0, 0.1) is 6.92 Å². The van der Waals surface area contributed by atoms with E-state index in [2.05, 4.69) is 71.2 Å². The Kier molecular flexibility index (Phi) is 4.89. The Balaban J connectivity index is 1.59. The molecule has 3 nitrogen and oxygen atoms in total. The van der Waals surface area contributed by atoms with Crippen molar-refractivity contribution >= 4 is 0 Å². The van der Waals surface area contributed by atoms with Gasteiger partial charge in [0, 0.05) is 19.2 Å². The minimum absolute atomic E-state index is 0.0135. The number of aromatic nitrogens is 2. The molecule has 26 heavy (non-hydrogen) atoms. The molecule has 0 aliphatic heterocycles. The number of fused-ring (bicyclic) bond motifs is 2. The van der Waals surface area contributed by atoms with Crippen LogP contribution in [-0.4, -0.2) is 16.2 Å². The quantitative estimate of drug-likeness (QED) is 0.672. The lowest BCUT2D eigenvalue weighted by molar-refractivity contribution is 0.0730. The van der Waals surface area contributed by atoms with E-state index in [1.165, 1.54) is 22.3 Å². The highest BCUT2D eigenvalue weighted by atomic mass is 16.5. The molecule has 0 saturated carbocycles. The standard InChI is InChI=1S/C23H26N2O/c1-3-22-24-17(2)16-25(22)14-15-26-23-20-10-6-4-8-18(20)12-13-19-9-5-7-11-21(19)23/h4-11,16,23H,3,12-15H2,1-2H3. The highest BCUT2D eigenvalue weighted by Crippen LogP contribution is 2.35. The predicted molar refractivity (Wildman–Crippen MR) is 104 cm³/mol. The maximum atomic E-state index is 6.48. The van der Waals surface area contributed by atoms with Crippen LogP contribution in [0.2, 0.25) is 0 Å². The first-order chi connectivity index (χ1) is 12.8. The first-order valence-corrected chi connectivity index (χ1v) is 9.56.